The molecule has 0 bridgehead atoms. The second-order valence-electron chi connectivity index (χ2n) is 15.9. The van der Waals surface area contributed by atoms with Crippen molar-refractivity contribution in [1.82, 2.24) is 0 Å². The Bertz CT molecular complexity index is 844. The van der Waals surface area contributed by atoms with Gasteiger partial charge in [-0.3, -0.25) is 4.79 Å². The van der Waals surface area contributed by atoms with Crippen LogP contribution in [0.25, 0.3) is 0 Å². The third-order valence-corrected chi connectivity index (χ3v) is 14.2. The number of fused-ring (bicyclic) bond motifs is 2. The van der Waals surface area contributed by atoms with E-state index in [0.29, 0.717) is 21.7 Å². The Morgan fingerprint density at radius 3 is 2.17 bits per heavy atom. The number of ether oxygens (including phenoxy) is 1. The second-order valence-corrected chi connectivity index (χ2v) is 15.9. The standard InChI is InChI=1S/C33H56O2/c1-21(2)22(3)10-11-23(4)25-14-17-31(9)27-13-12-26-29(6,7)16-15-28(35-24(5)34)33(26)20-32(27,33)19-18-30(25,31)8/h21-23,25-28H,10-20H2,1-9H3/t22?,23-,25-,26+,27+,28?,30-,31+,32+,33-/m1/s1. The van der Waals surface area contributed by atoms with E-state index >= 15 is 0 Å². The van der Waals surface area contributed by atoms with Crippen LogP contribution in [0.15, 0.2) is 0 Å². The highest BCUT2D eigenvalue weighted by Gasteiger charge is 2.84. The predicted octanol–water partition coefficient (Wildman–Crippen LogP) is 9.07. The van der Waals surface area contributed by atoms with Crippen molar-refractivity contribution in [2.45, 2.75) is 139 Å². The van der Waals surface area contributed by atoms with Crippen LogP contribution in [0.4, 0.5) is 0 Å². The van der Waals surface area contributed by atoms with Crippen LogP contribution in [-0.2, 0) is 9.53 Å². The summed E-state index contributed by atoms with van der Waals surface area (Å²) < 4.78 is 6.21. The SMILES string of the molecule is CC(=O)OC1CCC(C)(C)[C@@H]2CC[C@@H]3[C@]4(CC[C@]5(C)[C@@H]([C@H](C)CCC(C)C(C)C)CC[C@@]35C)C[C@]124. The minimum atomic E-state index is -0.0516. The summed E-state index contributed by atoms with van der Waals surface area (Å²) in [6.45, 7) is 22.0. The zero-order chi connectivity index (χ0) is 25.6. The van der Waals surface area contributed by atoms with Crippen molar-refractivity contribution in [3.63, 3.8) is 0 Å². The van der Waals surface area contributed by atoms with Crippen LogP contribution in [0.1, 0.15) is 133 Å². The monoisotopic (exact) mass is 484 g/mol. The van der Waals surface area contributed by atoms with Crippen LogP contribution in [0, 0.1) is 62.6 Å². The Labute approximate surface area is 217 Å². The normalized spacial score (nSPS) is 49.3. The molecule has 0 amide bonds. The van der Waals surface area contributed by atoms with Gasteiger partial charge >= 0.3 is 5.97 Å². The minimum Gasteiger partial charge on any atom is -0.462 e. The molecule has 2 spiro atoms. The molecular formula is C33H56O2. The first-order valence-corrected chi connectivity index (χ1v) is 15.4. The van der Waals surface area contributed by atoms with Crippen LogP contribution in [0.5, 0.6) is 0 Å². The summed E-state index contributed by atoms with van der Waals surface area (Å²) in [4.78, 5) is 12.2. The molecule has 5 aliphatic rings. The molecule has 0 N–H and O–H groups in total. The van der Waals surface area contributed by atoms with Crippen molar-refractivity contribution < 1.29 is 9.53 Å². The summed E-state index contributed by atoms with van der Waals surface area (Å²) in [5, 5.41) is 0. The van der Waals surface area contributed by atoms with E-state index in [1.54, 1.807) is 6.92 Å². The maximum Gasteiger partial charge on any atom is 0.302 e. The second kappa shape index (κ2) is 8.23. The molecular weight excluding hydrogens is 428 g/mol. The van der Waals surface area contributed by atoms with E-state index in [1.165, 1.54) is 64.2 Å². The molecule has 5 fully saturated rings. The molecule has 2 heteroatoms. The van der Waals surface area contributed by atoms with Gasteiger partial charge in [-0.05, 0) is 115 Å². The lowest BCUT2D eigenvalue weighted by atomic mass is 9.41. The van der Waals surface area contributed by atoms with Crippen molar-refractivity contribution >= 4 is 5.97 Å². The number of esters is 1. The molecule has 2 unspecified atom stereocenters. The summed E-state index contributed by atoms with van der Waals surface area (Å²) in [7, 11) is 0. The molecule has 5 rings (SSSR count). The molecule has 0 aromatic heterocycles. The third-order valence-electron chi connectivity index (χ3n) is 14.2. The number of carbonyl (C=O) groups is 1. The lowest BCUT2D eigenvalue weighted by Gasteiger charge is -2.63. The van der Waals surface area contributed by atoms with Gasteiger partial charge in [-0.15, -0.1) is 0 Å². The van der Waals surface area contributed by atoms with Crippen molar-refractivity contribution in [2.75, 3.05) is 0 Å². The molecule has 5 aliphatic carbocycles. The number of hydrogen-bond donors (Lipinski definition) is 0. The Kier molecular flexibility index (Phi) is 6.14. The van der Waals surface area contributed by atoms with Crippen molar-refractivity contribution in [1.29, 1.82) is 0 Å². The van der Waals surface area contributed by atoms with Gasteiger partial charge < -0.3 is 4.74 Å². The molecule has 2 nitrogen and oxygen atoms in total. The number of rotatable bonds is 6. The predicted molar refractivity (Wildman–Crippen MR) is 145 cm³/mol. The number of hydrogen-bond acceptors (Lipinski definition) is 2. The van der Waals surface area contributed by atoms with Crippen LogP contribution >= 0.6 is 0 Å². The minimum absolute atomic E-state index is 0.0516. The van der Waals surface area contributed by atoms with E-state index in [0.717, 1.165) is 41.9 Å². The van der Waals surface area contributed by atoms with E-state index in [9.17, 15) is 4.79 Å². The molecule has 0 heterocycles. The summed E-state index contributed by atoms with van der Waals surface area (Å²) in [6, 6.07) is 0. The Balaban J connectivity index is 1.42. The summed E-state index contributed by atoms with van der Waals surface area (Å²) in [5.41, 5.74) is 2.01. The smallest absolute Gasteiger partial charge is 0.302 e. The van der Waals surface area contributed by atoms with Gasteiger partial charge in [0.1, 0.15) is 6.10 Å². The third kappa shape index (κ3) is 3.42. The van der Waals surface area contributed by atoms with E-state index in [1.807, 2.05) is 0 Å². The summed E-state index contributed by atoms with van der Waals surface area (Å²) in [6.07, 6.45) is 15.0. The van der Waals surface area contributed by atoms with Gasteiger partial charge in [0.2, 0.25) is 0 Å². The van der Waals surface area contributed by atoms with Crippen LogP contribution in [-0.4, -0.2) is 12.1 Å². The molecule has 0 aromatic carbocycles. The molecule has 35 heavy (non-hydrogen) atoms. The Morgan fingerprint density at radius 1 is 0.829 bits per heavy atom. The zero-order valence-electron chi connectivity index (χ0n) is 24.6. The lowest BCUT2D eigenvalue weighted by molar-refractivity contribution is -0.187. The first-order chi connectivity index (χ1) is 16.3. The fourth-order valence-corrected chi connectivity index (χ4v) is 11.7. The Morgan fingerprint density at radius 2 is 1.51 bits per heavy atom. The summed E-state index contributed by atoms with van der Waals surface area (Å²) >= 11 is 0. The quantitative estimate of drug-likeness (QED) is 0.351. The lowest BCUT2D eigenvalue weighted by Crippen LogP contribution is -2.59. The van der Waals surface area contributed by atoms with E-state index < -0.39 is 0 Å². The maximum atomic E-state index is 12.2. The molecule has 200 valence electrons. The first-order valence-electron chi connectivity index (χ1n) is 15.4. The highest BCUT2D eigenvalue weighted by atomic mass is 16.5. The van der Waals surface area contributed by atoms with Gasteiger partial charge in [-0.25, -0.2) is 0 Å². The topological polar surface area (TPSA) is 26.3 Å². The van der Waals surface area contributed by atoms with Gasteiger partial charge in [-0.1, -0.05) is 68.2 Å². The average Bonchev–Trinajstić information content (AvgIpc) is 3.38. The first kappa shape index (κ1) is 26.1. The van der Waals surface area contributed by atoms with Crippen LogP contribution < -0.4 is 0 Å². The van der Waals surface area contributed by atoms with Crippen molar-refractivity contribution in [2.24, 2.45) is 62.6 Å². The van der Waals surface area contributed by atoms with Crippen LogP contribution in [0.3, 0.4) is 0 Å². The van der Waals surface area contributed by atoms with Gasteiger partial charge in [0.15, 0.2) is 0 Å². The summed E-state index contributed by atoms with van der Waals surface area (Å²) in [5.74, 6) is 4.85. The Hall–Kier alpha value is -0.530. The zero-order valence-corrected chi connectivity index (χ0v) is 24.6. The van der Waals surface area contributed by atoms with E-state index in [2.05, 4.69) is 55.4 Å². The number of carbonyl (C=O) groups excluding carboxylic acids is 1. The molecule has 0 radical (unpaired) electrons. The van der Waals surface area contributed by atoms with E-state index in [4.69, 9.17) is 4.74 Å². The largest absolute Gasteiger partial charge is 0.462 e. The van der Waals surface area contributed by atoms with Gasteiger partial charge in [0, 0.05) is 12.3 Å². The maximum absolute atomic E-state index is 12.2. The fourth-order valence-electron chi connectivity index (χ4n) is 11.7. The molecule has 0 aliphatic heterocycles. The van der Waals surface area contributed by atoms with Gasteiger partial charge in [0.05, 0.1) is 0 Å². The van der Waals surface area contributed by atoms with Crippen molar-refractivity contribution in [3.05, 3.63) is 0 Å². The highest BCUT2D eigenvalue weighted by Crippen LogP contribution is 2.89. The van der Waals surface area contributed by atoms with E-state index in [-0.39, 0.29) is 17.5 Å². The van der Waals surface area contributed by atoms with Gasteiger partial charge in [0.25, 0.3) is 0 Å². The van der Waals surface area contributed by atoms with Crippen LogP contribution in [0.2, 0.25) is 0 Å². The molecule has 10 atom stereocenters. The molecule has 0 saturated heterocycles. The molecule has 0 aromatic rings. The van der Waals surface area contributed by atoms with Gasteiger partial charge in [-0.2, -0.15) is 0 Å². The van der Waals surface area contributed by atoms with Crippen molar-refractivity contribution in [3.8, 4) is 0 Å². The molecule has 5 saturated carbocycles. The highest BCUT2D eigenvalue weighted by molar-refractivity contribution is 5.66. The average molecular weight is 485 g/mol. The fraction of sp³-hybridized carbons (Fsp3) is 0.970.